The molecular formula is C23H35N5O7. The summed E-state index contributed by atoms with van der Waals surface area (Å²) in [5, 5.41) is 36.8. The number of unbranched alkanes of at least 4 members (excludes halogenated alkanes) is 1. The molecule has 1 saturated heterocycles. The molecule has 0 unspecified atom stereocenters. The molecule has 194 valence electrons. The Balaban J connectivity index is 2.05. The lowest BCUT2D eigenvalue weighted by Crippen LogP contribution is -2.52. The van der Waals surface area contributed by atoms with E-state index in [1.54, 1.807) is 12.1 Å². The van der Waals surface area contributed by atoms with Crippen LogP contribution >= 0.6 is 0 Å². The van der Waals surface area contributed by atoms with E-state index in [1.807, 2.05) is 0 Å². The van der Waals surface area contributed by atoms with Gasteiger partial charge in [0.05, 0.1) is 12.0 Å². The van der Waals surface area contributed by atoms with Crippen molar-refractivity contribution < 1.29 is 34.5 Å². The summed E-state index contributed by atoms with van der Waals surface area (Å²) in [6.45, 7) is 0.917. The highest BCUT2D eigenvalue weighted by Gasteiger charge is 2.29. The molecule has 1 aliphatic rings. The van der Waals surface area contributed by atoms with Crippen LogP contribution in [0, 0.1) is 5.92 Å². The highest BCUT2D eigenvalue weighted by Crippen LogP contribution is 2.12. The minimum absolute atomic E-state index is 0.0230. The molecule has 0 saturated carbocycles. The lowest BCUT2D eigenvalue weighted by molar-refractivity contribution is -0.142. The number of nitrogens with two attached hydrogens (primary N) is 1. The van der Waals surface area contributed by atoms with E-state index in [2.05, 4.69) is 16.0 Å². The topological polar surface area (TPSA) is 194 Å². The summed E-state index contributed by atoms with van der Waals surface area (Å²) < 4.78 is 0. The number of nitrogens with zero attached hydrogens (tertiary/aromatic N) is 1. The first-order valence-electron chi connectivity index (χ1n) is 11.7. The molecule has 12 heteroatoms. The summed E-state index contributed by atoms with van der Waals surface area (Å²) in [7, 11) is 0. The maximum absolute atomic E-state index is 13.0. The molecule has 0 spiro atoms. The highest BCUT2D eigenvalue weighted by molar-refractivity contribution is 5.84. The number of carbonyl (C=O) groups is 4. The molecule has 1 fully saturated rings. The van der Waals surface area contributed by atoms with Crippen molar-refractivity contribution in [1.29, 1.82) is 0 Å². The number of carboxylic acids is 2. The average molecular weight is 494 g/mol. The monoisotopic (exact) mass is 493 g/mol. The van der Waals surface area contributed by atoms with Crippen LogP contribution in [-0.4, -0.2) is 88.9 Å². The largest absolute Gasteiger partial charge is 0.508 e. The van der Waals surface area contributed by atoms with Crippen molar-refractivity contribution in [2.75, 3.05) is 32.7 Å². The van der Waals surface area contributed by atoms with Gasteiger partial charge in [-0.2, -0.15) is 0 Å². The number of aromatic hydroxyl groups is 1. The molecule has 0 aromatic heterocycles. The number of amides is 3. The van der Waals surface area contributed by atoms with Gasteiger partial charge < -0.3 is 41.9 Å². The second-order valence-corrected chi connectivity index (χ2v) is 8.58. The van der Waals surface area contributed by atoms with Crippen molar-refractivity contribution >= 4 is 23.9 Å². The third-order valence-electron chi connectivity index (χ3n) is 5.83. The number of phenols is 1. The highest BCUT2D eigenvalue weighted by atomic mass is 16.4. The summed E-state index contributed by atoms with van der Waals surface area (Å²) in [6, 6.07) is 3.61. The molecule has 1 aliphatic heterocycles. The summed E-state index contributed by atoms with van der Waals surface area (Å²) in [5.74, 6) is -3.76. The van der Waals surface area contributed by atoms with Gasteiger partial charge >= 0.3 is 18.0 Å². The zero-order valence-electron chi connectivity index (χ0n) is 19.6. The molecular weight excluding hydrogens is 458 g/mol. The van der Waals surface area contributed by atoms with Crippen LogP contribution in [0.15, 0.2) is 24.3 Å². The van der Waals surface area contributed by atoms with Gasteiger partial charge in [-0.1, -0.05) is 12.1 Å². The van der Waals surface area contributed by atoms with Gasteiger partial charge in [-0.3, -0.25) is 9.59 Å². The normalized spacial score (nSPS) is 16.8. The SMILES string of the molecule is NCCCCN(C[C@@H](CNC(=O)[C@@H]1CCCN1)C(=O)O)C(=O)N[C@@H](Cc1ccc(O)cc1)C(=O)O. The quantitative estimate of drug-likeness (QED) is 0.170. The van der Waals surface area contributed by atoms with Gasteiger partial charge in [0.2, 0.25) is 5.91 Å². The van der Waals surface area contributed by atoms with Gasteiger partial charge in [0, 0.05) is 26.1 Å². The van der Waals surface area contributed by atoms with Crippen LogP contribution in [0.5, 0.6) is 5.75 Å². The molecule has 35 heavy (non-hydrogen) atoms. The number of phenolic OH excluding ortho intramolecular Hbond substituents is 1. The molecule has 1 heterocycles. The van der Waals surface area contributed by atoms with E-state index < -0.39 is 29.9 Å². The molecule has 0 bridgehead atoms. The predicted octanol–water partition coefficient (Wildman–Crippen LogP) is -0.293. The summed E-state index contributed by atoms with van der Waals surface area (Å²) in [6.07, 6.45) is 2.62. The van der Waals surface area contributed by atoms with E-state index >= 15 is 0 Å². The molecule has 1 aromatic rings. The van der Waals surface area contributed by atoms with Gasteiger partial charge in [0.25, 0.3) is 0 Å². The molecule has 1 aromatic carbocycles. The van der Waals surface area contributed by atoms with E-state index in [4.69, 9.17) is 5.73 Å². The lowest BCUT2D eigenvalue weighted by Gasteiger charge is -2.28. The maximum Gasteiger partial charge on any atom is 0.326 e. The number of benzene rings is 1. The zero-order chi connectivity index (χ0) is 25.8. The Morgan fingerprint density at radius 3 is 2.40 bits per heavy atom. The summed E-state index contributed by atoms with van der Waals surface area (Å²) in [4.78, 5) is 50.1. The molecule has 0 aliphatic carbocycles. The van der Waals surface area contributed by atoms with E-state index in [0.717, 1.165) is 13.0 Å². The van der Waals surface area contributed by atoms with Crippen LogP contribution in [0.2, 0.25) is 0 Å². The van der Waals surface area contributed by atoms with Crippen LogP contribution in [0.3, 0.4) is 0 Å². The molecule has 3 amide bonds. The number of hydrogen-bond donors (Lipinski definition) is 7. The van der Waals surface area contributed by atoms with Crippen LogP contribution in [0.1, 0.15) is 31.2 Å². The Morgan fingerprint density at radius 2 is 1.83 bits per heavy atom. The van der Waals surface area contributed by atoms with Crippen molar-refractivity contribution in [3.8, 4) is 5.75 Å². The van der Waals surface area contributed by atoms with Crippen molar-refractivity contribution in [2.45, 2.75) is 44.2 Å². The van der Waals surface area contributed by atoms with E-state index in [9.17, 15) is 34.5 Å². The fourth-order valence-electron chi connectivity index (χ4n) is 3.78. The maximum atomic E-state index is 13.0. The second-order valence-electron chi connectivity index (χ2n) is 8.58. The standard InChI is InChI=1S/C23H35N5O7/c24-9-1-2-11-28(14-16(21(31)32)13-26-20(30)18-4-3-10-25-18)23(35)27-19(22(33)34)12-15-5-7-17(29)8-6-15/h5-8,16,18-19,25,29H,1-4,9-14,24H2,(H,26,30)(H,27,35)(H,31,32)(H,33,34)/t16-,18+,19+/m1/s1. The number of hydrogen-bond acceptors (Lipinski definition) is 7. The van der Waals surface area contributed by atoms with Crippen molar-refractivity contribution in [3.05, 3.63) is 29.8 Å². The first-order chi connectivity index (χ1) is 16.7. The van der Waals surface area contributed by atoms with Crippen molar-refractivity contribution in [2.24, 2.45) is 11.7 Å². The van der Waals surface area contributed by atoms with Crippen LogP contribution in [0.4, 0.5) is 4.79 Å². The van der Waals surface area contributed by atoms with Gasteiger partial charge in [-0.15, -0.1) is 0 Å². The minimum atomic E-state index is -1.26. The zero-order valence-corrected chi connectivity index (χ0v) is 19.6. The Morgan fingerprint density at radius 1 is 1.11 bits per heavy atom. The van der Waals surface area contributed by atoms with Gasteiger partial charge in [-0.25, -0.2) is 9.59 Å². The molecule has 2 rings (SSSR count). The number of rotatable bonds is 14. The third-order valence-corrected chi connectivity index (χ3v) is 5.83. The number of urea groups is 1. The fraction of sp³-hybridized carbons (Fsp3) is 0.565. The molecule has 8 N–H and O–H groups in total. The predicted molar refractivity (Wildman–Crippen MR) is 127 cm³/mol. The van der Waals surface area contributed by atoms with Crippen molar-refractivity contribution in [1.82, 2.24) is 20.9 Å². The first kappa shape index (κ1) is 27.9. The number of carbonyl (C=O) groups excluding carboxylic acids is 2. The first-order valence-corrected chi connectivity index (χ1v) is 11.7. The molecule has 0 radical (unpaired) electrons. The average Bonchev–Trinajstić information content (AvgIpc) is 3.36. The Kier molecular flexibility index (Phi) is 11.2. The molecule has 3 atom stereocenters. The smallest absolute Gasteiger partial charge is 0.326 e. The van der Waals surface area contributed by atoms with Gasteiger partial charge in [-0.05, 0) is 56.5 Å². The van der Waals surface area contributed by atoms with Crippen molar-refractivity contribution in [3.63, 3.8) is 0 Å². The Labute approximate surface area is 203 Å². The van der Waals surface area contributed by atoms with Crippen LogP contribution in [0.25, 0.3) is 0 Å². The Hall–Kier alpha value is -3.38. The fourth-order valence-corrected chi connectivity index (χ4v) is 3.78. The second kappa shape index (κ2) is 14.1. The minimum Gasteiger partial charge on any atom is -0.508 e. The van der Waals surface area contributed by atoms with E-state index in [1.165, 1.54) is 17.0 Å². The van der Waals surface area contributed by atoms with Gasteiger partial charge in [0.1, 0.15) is 11.8 Å². The number of carboxylic acid groups (broad SMARTS) is 2. The lowest BCUT2D eigenvalue weighted by atomic mass is 10.1. The number of nitrogens with one attached hydrogen (secondary N) is 3. The van der Waals surface area contributed by atoms with E-state index in [0.29, 0.717) is 31.4 Å². The van der Waals surface area contributed by atoms with Crippen LogP contribution < -0.4 is 21.7 Å². The summed E-state index contributed by atoms with van der Waals surface area (Å²) in [5.41, 5.74) is 6.13. The summed E-state index contributed by atoms with van der Waals surface area (Å²) >= 11 is 0. The van der Waals surface area contributed by atoms with E-state index in [-0.39, 0.29) is 43.8 Å². The Bertz CT molecular complexity index is 858. The third kappa shape index (κ3) is 9.41. The molecule has 12 nitrogen and oxygen atoms in total. The van der Waals surface area contributed by atoms with Gasteiger partial charge in [0.15, 0.2) is 0 Å². The number of aliphatic carboxylic acids is 2. The van der Waals surface area contributed by atoms with Crippen LogP contribution in [-0.2, 0) is 20.8 Å².